The van der Waals surface area contributed by atoms with Crippen LogP contribution in [-0.2, 0) is 4.79 Å². The molecule has 0 aliphatic heterocycles. The minimum atomic E-state index is -0.0826. The normalized spacial score (nSPS) is 12.4. The van der Waals surface area contributed by atoms with Gasteiger partial charge in [-0.2, -0.15) is 0 Å². The van der Waals surface area contributed by atoms with Crippen molar-refractivity contribution in [2.24, 2.45) is 5.92 Å². The first-order valence-electron chi connectivity index (χ1n) is 6.29. The first-order valence-corrected chi connectivity index (χ1v) is 7.17. The summed E-state index contributed by atoms with van der Waals surface area (Å²) in [5.74, 6) is 0.711. The zero-order chi connectivity index (χ0) is 13.5. The van der Waals surface area contributed by atoms with Gasteiger partial charge in [0.15, 0.2) is 0 Å². The van der Waals surface area contributed by atoms with Crippen LogP contribution in [0.25, 0.3) is 0 Å². The quantitative estimate of drug-likeness (QED) is 0.615. The van der Waals surface area contributed by atoms with Crippen molar-refractivity contribution < 1.29 is 4.79 Å². The standard InChI is InChI=1S/C14H22N2OS/c1-10(2)8-9-16-14(17)11(3)18-13-6-4-12(15)5-7-13/h4-7,10-11H,8-9,15H2,1-3H3,(H,16,17). The predicted octanol–water partition coefficient (Wildman–Crippen LogP) is 2.91. The minimum Gasteiger partial charge on any atom is -0.399 e. The smallest absolute Gasteiger partial charge is 0.233 e. The van der Waals surface area contributed by atoms with Crippen LogP contribution in [0.2, 0.25) is 0 Å². The third-order valence-corrected chi connectivity index (χ3v) is 3.70. The first kappa shape index (κ1) is 14.9. The van der Waals surface area contributed by atoms with Gasteiger partial charge in [0.2, 0.25) is 5.91 Å². The van der Waals surface area contributed by atoms with E-state index in [1.165, 1.54) is 0 Å². The number of amides is 1. The maximum atomic E-state index is 11.8. The SMILES string of the molecule is CC(C)CCNC(=O)C(C)Sc1ccc(N)cc1. The third kappa shape index (κ3) is 5.45. The minimum absolute atomic E-state index is 0.0826. The summed E-state index contributed by atoms with van der Waals surface area (Å²) in [6.07, 6.45) is 1.02. The average molecular weight is 266 g/mol. The molecule has 1 amide bonds. The van der Waals surface area contributed by atoms with E-state index in [1.54, 1.807) is 11.8 Å². The number of anilines is 1. The molecule has 0 heterocycles. The van der Waals surface area contributed by atoms with Crippen LogP contribution in [-0.4, -0.2) is 17.7 Å². The summed E-state index contributed by atoms with van der Waals surface area (Å²) < 4.78 is 0. The zero-order valence-electron chi connectivity index (χ0n) is 11.3. The van der Waals surface area contributed by atoms with Crippen molar-refractivity contribution in [2.45, 2.75) is 37.3 Å². The fraction of sp³-hybridized carbons (Fsp3) is 0.500. The highest BCUT2D eigenvalue weighted by molar-refractivity contribution is 8.00. The summed E-state index contributed by atoms with van der Waals surface area (Å²) in [5, 5.41) is 2.88. The van der Waals surface area contributed by atoms with Gasteiger partial charge in [0, 0.05) is 17.1 Å². The fourth-order valence-electron chi connectivity index (χ4n) is 1.43. The fourth-order valence-corrected chi connectivity index (χ4v) is 2.32. The second kappa shape index (κ2) is 7.31. The van der Waals surface area contributed by atoms with E-state index >= 15 is 0 Å². The lowest BCUT2D eigenvalue weighted by Gasteiger charge is -2.12. The highest BCUT2D eigenvalue weighted by Gasteiger charge is 2.13. The second-order valence-corrected chi connectivity index (χ2v) is 6.22. The van der Waals surface area contributed by atoms with Gasteiger partial charge < -0.3 is 11.1 Å². The molecule has 0 saturated carbocycles. The number of rotatable bonds is 6. The van der Waals surface area contributed by atoms with E-state index in [4.69, 9.17) is 5.73 Å². The molecule has 0 saturated heterocycles. The van der Waals surface area contributed by atoms with Gasteiger partial charge >= 0.3 is 0 Å². The third-order valence-electron chi connectivity index (χ3n) is 2.58. The van der Waals surface area contributed by atoms with Crippen LogP contribution in [0, 0.1) is 5.92 Å². The zero-order valence-corrected chi connectivity index (χ0v) is 12.1. The van der Waals surface area contributed by atoms with Crippen LogP contribution in [0.5, 0.6) is 0 Å². The summed E-state index contributed by atoms with van der Waals surface area (Å²) in [4.78, 5) is 12.9. The molecule has 1 aromatic carbocycles. The summed E-state index contributed by atoms with van der Waals surface area (Å²) in [6, 6.07) is 7.59. The molecular weight excluding hydrogens is 244 g/mol. The van der Waals surface area contributed by atoms with Gasteiger partial charge in [-0.25, -0.2) is 0 Å². The molecule has 3 nitrogen and oxygen atoms in total. The Morgan fingerprint density at radius 2 is 1.89 bits per heavy atom. The topological polar surface area (TPSA) is 55.1 Å². The van der Waals surface area contributed by atoms with Crippen LogP contribution < -0.4 is 11.1 Å². The number of benzene rings is 1. The van der Waals surface area contributed by atoms with Crippen LogP contribution in [0.4, 0.5) is 5.69 Å². The molecule has 0 aliphatic rings. The second-order valence-electron chi connectivity index (χ2n) is 4.80. The molecule has 18 heavy (non-hydrogen) atoms. The Balaban J connectivity index is 2.37. The van der Waals surface area contributed by atoms with Gasteiger partial charge in [0.1, 0.15) is 0 Å². The van der Waals surface area contributed by atoms with Crippen LogP contribution in [0.1, 0.15) is 27.2 Å². The summed E-state index contributed by atoms with van der Waals surface area (Å²) in [7, 11) is 0. The number of hydrogen-bond acceptors (Lipinski definition) is 3. The van der Waals surface area contributed by atoms with Crippen molar-refractivity contribution in [1.82, 2.24) is 5.32 Å². The molecule has 0 spiro atoms. The number of nitrogens with one attached hydrogen (secondary N) is 1. The maximum absolute atomic E-state index is 11.8. The Morgan fingerprint density at radius 1 is 1.28 bits per heavy atom. The van der Waals surface area contributed by atoms with E-state index < -0.39 is 0 Å². The number of hydrogen-bond donors (Lipinski definition) is 2. The molecule has 0 fully saturated rings. The molecular formula is C14H22N2OS. The highest BCUT2D eigenvalue weighted by atomic mass is 32.2. The van der Waals surface area contributed by atoms with E-state index in [2.05, 4.69) is 19.2 Å². The van der Waals surface area contributed by atoms with Gasteiger partial charge in [0.05, 0.1) is 5.25 Å². The summed E-state index contributed by atoms with van der Waals surface area (Å²) in [6.45, 7) is 6.98. The molecule has 1 aromatic rings. The molecule has 0 aromatic heterocycles. The van der Waals surface area contributed by atoms with E-state index in [9.17, 15) is 4.79 Å². The summed E-state index contributed by atoms with van der Waals surface area (Å²) >= 11 is 1.55. The first-order chi connectivity index (χ1) is 8.49. The van der Waals surface area contributed by atoms with Crippen molar-refractivity contribution >= 4 is 23.4 Å². The van der Waals surface area contributed by atoms with Crippen LogP contribution in [0.3, 0.4) is 0 Å². The van der Waals surface area contributed by atoms with Crippen molar-refractivity contribution in [1.29, 1.82) is 0 Å². The van der Waals surface area contributed by atoms with Crippen LogP contribution >= 0.6 is 11.8 Å². The predicted molar refractivity (Wildman–Crippen MR) is 78.6 cm³/mol. The van der Waals surface area contributed by atoms with Crippen molar-refractivity contribution in [3.05, 3.63) is 24.3 Å². The molecule has 0 bridgehead atoms. The van der Waals surface area contributed by atoms with E-state index in [0.717, 1.165) is 23.5 Å². The van der Waals surface area contributed by atoms with Gasteiger partial charge in [-0.05, 0) is 43.5 Å². The number of nitrogens with two attached hydrogens (primary N) is 1. The molecule has 3 N–H and O–H groups in total. The van der Waals surface area contributed by atoms with E-state index in [0.29, 0.717) is 5.92 Å². The molecule has 1 rings (SSSR count). The van der Waals surface area contributed by atoms with E-state index in [1.807, 2.05) is 31.2 Å². The lowest BCUT2D eigenvalue weighted by molar-refractivity contribution is -0.120. The maximum Gasteiger partial charge on any atom is 0.233 e. The number of nitrogen functional groups attached to an aromatic ring is 1. The van der Waals surface area contributed by atoms with E-state index in [-0.39, 0.29) is 11.2 Å². The van der Waals surface area contributed by atoms with Gasteiger partial charge in [-0.15, -0.1) is 11.8 Å². The average Bonchev–Trinajstić information content (AvgIpc) is 2.31. The van der Waals surface area contributed by atoms with Gasteiger partial charge in [-0.1, -0.05) is 13.8 Å². The number of thioether (sulfide) groups is 1. The Labute approximate surface area is 114 Å². The van der Waals surface area contributed by atoms with Crippen LogP contribution in [0.15, 0.2) is 29.2 Å². The molecule has 1 unspecified atom stereocenters. The van der Waals surface area contributed by atoms with Crippen molar-refractivity contribution in [3.63, 3.8) is 0 Å². The molecule has 4 heteroatoms. The Bertz CT molecular complexity index is 376. The van der Waals surface area contributed by atoms with Gasteiger partial charge in [-0.3, -0.25) is 4.79 Å². The van der Waals surface area contributed by atoms with Gasteiger partial charge in [0.25, 0.3) is 0 Å². The monoisotopic (exact) mass is 266 g/mol. The summed E-state index contributed by atoms with van der Waals surface area (Å²) in [5.41, 5.74) is 6.37. The Hall–Kier alpha value is -1.16. The van der Waals surface area contributed by atoms with Crippen molar-refractivity contribution in [3.8, 4) is 0 Å². The number of carbonyl (C=O) groups is 1. The lowest BCUT2D eigenvalue weighted by Crippen LogP contribution is -2.32. The molecule has 100 valence electrons. The molecule has 0 aliphatic carbocycles. The van der Waals surface area contributed by atoms with Crippen molar-refractivity contribution in [2.75, 3.05) is 12.3 Å². The molecule has 0 radical (unpaired) electrons. The number of carbonyl (C=O) groups excluding carboxylic acids is 1. The largest absolute Gasteiger partial charge is 0.399 e. The Kier molecular flexibility index (Phi) is 6.05. The lowest BCUT2D eigenvalue weighted by atomic mass is 10.1. The highest BCUT2D eigenvalue weighted by Crippen LogP contribution is 2.23. The molecule has 1 atom stereocenters. The Morgan fingerprint density at radius 3 is 2.44 bits per heavy atom.